The molecule has 0 saturated carbocycles. The fourth-order valence-electron chi connectivity index (χ4n) is 3.60. The number of halogens is 4. The average molecular weight is 525 g/mol. The van der Waals surface area contributed by atoms with E-state index in [4.69, 9.17) is 16.7 Å². The van der Waals surface area contributed by atoms with Crippen LogP contribution >= 0.6 is 23.4 Å². The molecule has 3 aromatic rings. The Bertz CT molecular complexity index is 1340. The summed E-state index contributed by atoms with van der Waals surface area (Å²) in [6.45, 7) is -0.368. The summed E-state index contributed by atoms with van der Waals surface area (Å²) in [4.78, 5) is 18.3. The first kappa shape index (κ1) is 25.2. The van der Waals surface area contributed by atoms with Crippen LogP contribution in [0, 0.1) is 0 Å². The maximum absolute atomic E-state index is 13.4. The minimum atomic E-state index is -4.54. The van der Waals surface area contributed by atoms with Gasteiger partial charge in [-0.15, -0.1) is 0 Å². The lowest BCUT2D eigenvalue weighted by Crippen LogP contribution is -2.33. The zero-order chi connectivity index (χ0) is 25.3. The highest BCUT2D eigenvalue weighted by molar-refractivity contribution is 8.18. The molecule has 184 valence electrons. The maximum atomic E-state index is 13.4. The fourth-order valence-corrected chi connectivity index (χ4v) is 4.65. The first-order chi connectivity index (χ1) is 16.5. The second kappa shape index (κ2) is 10.0. The Morgan fingerprint density at radius 2 is 2.03 bits per heavy atom. The SMILES string of the molecule is CN(CC(O)CO)C1=NC(=O)/C(=C/c2ccc3c(cnn3Cc3ccc(Cl)cc3C(F)(F)F)c2)S1. The minimum Gasteiger partial charge on any atom is -0.394 e. The molecule has 2 aromatic carbocycles. The predicted molar refractivity (Wildman–Crippen MR) is 129 cm³/mol. The van der Waals surface area contributed by atoms with Gasteiger partial charge in [0, 0.05) is 24.0 Å². The zero-order valence-electron chi connectivity index (χ0n) is 18.3. The van der Waals surface area contributed by atoms with Crippen LogP contribution in [-0.4, -0.2) is 62.3 Å². The number of alkyl halides is 3. The van der Waals surface area contributed by atoms with E-state index in [1.807, 2.05) is 0 Å². The van der Waals surface area contributed by atoms with Gasteiger partial charge in [0.25, 0.3) is 5.91 Å². The van der Waals surface area contributed by atoms with E-state index >= 15 is 0 Å². The van der Waals surface area contributed by atoms with Crippen LogP contribution in [0.4, 0.5) is 13.2 Å². The highest BCUT2D eigenvalue weighted by Crippen LogP contribution is 2.35. The molecule has 1 atom stereocenters. The monoisotopic (exact) mass is 524 g/mol. The van der Waals surface area contributed by atoms with Crippen LogP contribution in [0.3, 0.4) is 0 Å². The van der Waals surface area contributed by atoms with Gasteiger partial charge in [-0.1, -0.05) is 23.7 Å². The lowest BCUT2D eigenvalue weighted by molar-refractivity contribution is -0.138. The molecule has 1 amide bonds. The van der Waals surface area contributed by atoms with Crippen molar-refractivity contribution < 1.29 is 28.2 Å². The number of aliphatic hydroxyl groups is 2. The maximum Gasteiger partial charge on any atom is 0.416 e. The number of aliphatic imine (C=N–C) groups is 1. The molecular weight excluding hydrogens is 505 g/mol. The number of nitrogens with zero attached hydrogens (tertiary/aromatic N) is 4. The number of benzene rings is 2. The molecule has 0 fully saturated rings. The van der Waals surface area contributed by atoms with Gasteiger partial charge in [-0.05, 0) is 53.2 Å². The molecule has 4 rings (SSSR count). The van der Waals surface area contributed by atoms with Crippen molar-refractivity contribution in [3.8, 4) is 0 Å². The van der Waals surface area contributed by atoms with Gasteiger partial charge in [-0.2, -0.15) is 23.3 Å². The number of aliphatic hydroxyl groups excluding tert-OH is 2. The molecule has 0 bridgehead atoms. The second-order valence-electron chi connectivity index (χ2n) is 7.95. The molecule has 1 unspecified atom stereocenters. The van der Waals surface area contributed by atoms with E-state index in [9.17, 15) is 23.1 Å². The molecule has 1 aliphatic heterocycles. The van der Waals surface area contributed by atoms with Gasteiger partial charge in [0.05, 0.1) is 41.4 Å². The van der Waals surface area contributed by atoms with Crippen molar-refractivity contribution in [2.45, 2.75) is 18.8 Å². The first-order valence-corrected chi connectivity index (χ1v) is 11.6. The summed E-state index contributed by atoms with van der Waals surface area (Å²) < 4.78 is 41.8. The molecule has 1 aromatic heterocycles. The highest BCUT2D eigenvalue weighted by Gasteiger charge is 2.33. The Labute approximate surface area is 207 Å². The molecule has 35 heavy (non-hydrogen) atoms. The number of aromatic nitrogens is 2. The molecule has 12 heteroatoms. The standard InChI is InChI=1S/C23H20ClF3N4O3S/c1-30(11-17(33)12-32)22-29-21(34)20(35-22)7-13-2-5-19-15(6-13)9-28-31(19)10-14-3-4-16(24)8-18(14)23(25,26)27/h2-9,17,32-33H,10-12H2,1H3/b20-7-. The zero-order valence-corrected chi connectivity index (χ0v) is 19.9. The largest absolute Gasteiger partial charge is 0.416 e. The number of amidine groups is 1. The number of rotatable bonds is 6. The predicted octanol–water partition coefficient (Wildman–Crippen LogP) is 4.01. The average Bonchev–Trinajstić information content (AvgIpc) is 3.37. The Morgan fingerprint density at radius 1 is 1.26 bits per heavy atom. The summed E-state index contributed by atoms with van der Waals surface area (Å²) in [5.74, 6) is -0.423. The van der Waals surface area contributed by atoms with Crippen LogP contribution in [0.2, 0.25) is 5.02 Å². The number of likely N-dealkylation sites (N-methyl/N-ethyl adjacent to an activating group) is 1. The van der Waals surface area contributed by atoms with E-state index in [0.29, 0.717) is 26.5 Å². The first-order valence-electron chi connectivity index (χ1n) is 10.4. The smallest absolute Gasteiger partial charge is 0.394 e. The van der Waals surface area contributed by atoms with Crippen molar-refractivity contribution in [1.82, 2.24) is 14.7 Å². The molecule has 0 saturated heterocycles. The molecule has 0 aliphatic carbocycles. The van der Waals surface area contributed by atoms with E-state index in [-0.39, 0.29) is 23.7 Å². The van der Waals surface area contributed by atoms with Crippen LogP contribution in [0.1, 0.15) is 16.7 Å². The van der Waals surface area contributed by atoms with Gasteiger partial charge in [-0.25, -0.2) is 0 Å². The van der Waals surface area contributed by atoms with E-state index in [0.717, 1.165) is 17.8 Å². The molecule has 1 aliphatic rings. The van der Waals surface area contributed by atoms with E-state index in [1.165, 1.54) is 16.8 Å². The van der Waals surface area contributed by atoms with Crippen molar-refractivity contribution >= 4 is 51.4 Å². The molecule has 2 N–H and O–H groups in total. The van der Waals surface area contributed by atoms with Gasteiger partial charge in [0.15, 0.2) is 5.17 Å². The number of amides is 1. The van der Waals surface area contributed by atoms with Gasteiger partial charge < -0.3 is 15.1 Å². The van der Waals surface area contributed by atoms with Crippen molar-refractivity contribution in [3.63, 3.8) is 0 Å². The lowest BCUT2D eigenvalue weighted by atomic mass is 10.1. The summed E-state index contributed by atoms with van der Waals surface area (Å²) in [5, 5.41) is 23.9. The van der Waals surface area contributed by atoms with Crippen molar-refractivity contribution in [3.05, 3.63) is 69.2 Å². The Balaban J connectivity index is 1.55. The molecule has 7 nitrogen and oxygen atoms in total. The minimum absolute atomic E-state index is 0.00585. The third-order valence-electron chi connectivity index (χ3n) is 5.29. The highest BCUT2D eigenvalue weighted by atomic mass is 35.5. The Morgan fingerprint density at radius 3 is 2.74 bits per heavy atom. The van der Waals surface area contributed by atoms with Gasteiger partial charge in [0.1, 0.15) is 0 Å². The van der Waals surface area contributed by atoms with E-state index < -0.39 is 30.4 Å². The molecule has 2 heterocycles. The van der Waals surface area contributed by atoms with Crippen LogP contribution in [0.15, 0.2) is 52.5 Å². The number of hydrogen-bond acceptors (Lipinski definition) is 6. The van der Waals surface area contributed by atoms with Crippen molar-refractivity contribution in [2.24, 2.45) is 4.99 Å². The number of carbonyl (C=O) groups excluding carboxylic acids is 1. The Kier molecular flexibility index (Phi) is 7.22. The second-order valence-corrected chi connectivity index (χ2v) is 9.39. The third-order valence-corrected chi connectivity index (χ3v) is 6.63. The topological polar surface area (TPSA) is 90.9 Å². The molecule has 0 spiro atoms. The molecular formula is C23H20ClF3N4O3S. The molecule has 0 radical (unpaired) electrons. The number of fused-ring (bicyclic) bond motifs is 1. The number of thioether (sulfide) groups is 1. The van der Waals surface area contributed by atoms with Gasteiger partial charge in [-0.3, -0.25) is 9.48 Å². The summed E-state index contributed by atoms with van der Waals surface area (Å²) in [5.41, 5.74) is 0.574. The summed E-state index contributed by atoms with van der Waals surface area (Å²) in [7, 11) is 1.66. The summed E-state index contributed by atoms with van der Waals surface area (Å²) >= 11 is 6.91. The van der Waals surface area contributed by atoms with Crippen molar-refractivity contribution in [2.75, 3.05) is 20.2 Å². The Hall–Kier alpha value is -2.86. The van der Waals surface area contributed by atoms with Crippen LogP contribution < -0.4 is 0 Å². The van der Waals surface area contributed by atoms with Gasteiger partial charge >= 0.3 is 6.18 Å². The summed E-state index contributed by atoms with van der Waals surface area (Å²) in [6.07, 6.45) is -2.28. The van der Waals surface area contributed by atoms with Gasteiger partial charge in [0.2, 0.25) is 0 Å². The summed E-state index contributed by atoms with van der Waals surface area (Å²) in [6, 6.07) is 8.91. The van der Waals surface area contributed by atoms with E-state index in [2.05, 4.69) is 10.1 Å². The number of hydrogen-bond donors (Lipinski definition) is 2. The quantitative estimate of drug-likeness (QED) is 0.474. The third kappa shape index (κ3) is 5.69. The lowest BCUT2D eigenvalue weighted by Gasteiger charge is -2.19. The normalized spacial score (nSPS) is 16.3. The van der Waals surface area contributed by atoms with Crippen LogP contribution in [0.25, 0.3) is 17.0 Å². The fraction of sp³-hybridized carbons (Fsp3) is 0.261. The van der Waals surface area contributed by atoms with Crippen LogP contribution in [0.5, 0.6) is 0 Å². The van der Waals surface area contributed by atoms with E-state index in [1.54, 1.807) is 42.4 Å². The number of carbonyl (C=O) groups is 1. The van der Waals surface area contributed by atoms with Crippen LogP contribution in [-0.2, 0) is 17.5 Å². The van der Waals surface area contributed by atoms with Crippen molar-refractivity contribution in [1.29, 1.82) is 0 Å².